The Hall–Kier alpha value is -0.220. The normalized spacial score (nSPS) is 24.8. The summed E-state index contributed by atoms with van der Waals surface area (Å²) in [5.41, 5.74) is 0. The third-order valence-electron chi connectivity index (χ3n) is 4.16. The summed E-state index contributed by atoms with van der Waals surface area (Å²) in [6.07, 6.45) is 5.33. The second kappa shape index (κ2) is 7.39. The number of hydrogen-bond donors (Lipinski definition) is 1. The number of amidine groups is 1. The van der Waals surface area contributed by atoms with Crippen LogP contribution in [0.15, 0.2) is 4.99 Å². The van der Waals surface area contributed by atoms with E-state index in [0.717, 1.165) is 19.0 Å². The van der Waals surface area contributed by atoms with Gasteiger partial charge in [0.15, 0.2) is 5.17 Å². The van der Waals surface area contributed by atoms with Gasteiger partial charge >= 0.3 is 0 Å². The maximum absolute atomic E-state index is 4.65. The zero-order valence-corrected chi connectivity index (χ0v) is 12.6. The summed E-state index contributed by atoms with van der Waals surface area (Å²) in [5.74, 6) is 0.830. The van der Waals surface area contributed by atoms with Crippen molar-refractivity contribution in [3.63, 3.8) is 0 Å². The number of thioether (sulfide) groups is 1. The Morgan fingerprint density at radius 3 is 2.72 bits per heavy atom. The number of hydrogen-bond acceptors (Lipinski definition) is 4. The van der Waals surface area contributed by atoms with Crippen LogP contribution in [0.2, 0.25) is 0 Å². The Labute approximate surface area is 116 Å². The molecule has 0 aromatic heterocycles. The predicted octanol–water partition coefficient (Wildman–Crippen LogP) is 2.58. The van der Waals surface area contributed by atoms with Crippen molar-refractivity contribution >= 4 is 16.9 Å². The van der Waals surface area contributed by atoms with Crippen LogP contribution in [-0.4, -0.2) is 48.0 Å². The number of likely N-dealkylation sites (tertiary alicyclic amines) is 1. The lowest BCUT2D eigenvalue weighted by Crippen LogP contribution is -2.32. The Balaban J connectivity index is 1.62. The Morgan fingerprint density at radius 2 is 2.06 bits per heavy atom. The fourth-order valence-corrected chi connectivity index (χ4v) is 4.22. The molecule has 0 bridgehead atoms. The zero-order chi connectivity index (χ0) is 12.8. The summed E-state index contributed by atoms with van der Waals surface area (Å²) in [4.78, 5) is 7.20. The lowest BCUT2D eigenvalue weighted by molar-refractivity contribution is 0.344. The van der Waals surface area contributed by atoms with Crippen LogP contribution >= 0.6 is 11.8 Å². The molecule has 0 amide bonds. The first-order valence-electron chi connectivity index (χ1n) is 7.50. The number of nitrogens with one attached hydrogen (secondary N) is 1. The van der Waals surface area contributed by atoms with Crippen LogP contribution in [0.5, 0.6) is 0 Å². The number of rotatable bonds is 6. The van der Waals surface area contributed by atoms with E-state index in [1.807, 2.05) is 11.8 Å². The van der Waals surface area contributed by atoms with Gasteiger partial charge < -0.3 is 10.2 Å². The molecule has 0 aliphatic carbocycles. The first-order valence-corrected chi connectivity index (χ1v) is 8.38. The Bertz CT molecular complexity index is 270. The van der Waals surface area contributed by atoms with Crippen molar-refractivity contribution in [2.45, 2.75) is 44.8 Å². The summed E-state index contributed by atoms with van der Waals surface area (Å²) in [5, 5.41) is 5.42. The van der Waals surface area contributed by atoms with E-state index in [2.05, 4.69) is 29.1 Å². The van der Waals surface area contributed by atoms with Gasteiger partial charge in [-0.3, -0.25) is 4.99 Å². The third kappa shape index (κ3) is 3.89. The Kier molecular flexibility index (Phi) is 5.83. The van der Waals surface area contributed by atoms with Gasteiger partial charge in [-0.1, -0.05) is 38.5 Å². The van der Waals surface area contributed by atoms with Crippen LogP contribution in [0, 0.1) is 5.92 Å². The summed E-state index contributed by atoms with van der Waals surface area (Å²) < 4.78 is 0. The molecule has 104 valence electrons. The molecule has 1 fully saturated rings. The quantitative estimate of drug-likeness (QED) is 0.803. The van der Waals surface area contributed by atoms with E-state index in [9.17, 15) is 0 Å². The summed E-state index contributed by atoms with van der Waals surface area (Å²) >= 11 is 1.97. The highest BCUT2D eigenvalue weighted by Gasteiger charge is 2.25. The lowest BCUT2D eigenvalue weighted by Gasteiger charge is -2.19. The second-order valence-corrected chi connectivity index (χ2v) is 6.58. The van der Waals surface area contributed by atoms with Gasteiger partial charge in [-0.15, -0.1) is 0 Å². The van der Waals surface area contributed by atoms with Crippen molar-refractivity contribution in [2.75, 3.05) is 32.7 Å². The van der Waals surface area contributed by atoms with Gasteiger partial charge in [-0.2, -0.15) is 0 Å². The van der Waals surface area contributed by atoms with Gasteiger partial charge in [-0.25, -0.2) is 0 Å². The number of nitrogens with zero attached hydrogens (tertiary/aromatic N) is 2. The third-order valence-corrected chi connectivity index (χ3v) is 5.49. The highest BCUT2D eigenvalue weighted by Crippen LogP contribution is 2.30. The molecule has 1 N–H and O–H groups in total. The second-order valence-electron chi connectivity index (χ2n) is 5.35. The van der Waals surface area contributed by atoms with E-state index in [-0.39, 0.29) is 0 Å². The summed E-state index contributed by atoms with van der Waals surface area (Å²) in [7, 11) is 0. The minimum absolute atomic E-state index is 0.717. The molecule has 18 heavy (non-hydrogen) atoms. The van der Waals surface area contributed by atoms with Crippen molar-refractivity contribution in [1.82, 2.24) is 10.2 Å². The molecule has 1 atom stereocenters. The van der Waals surface area contributed by atoms with E-state index in [1.165, 1.54) is 50.5 Å². The van der Waals surface area contributed by atoms with Gasteiger partial charge in [0.05, 0.1) is 6.54 Å². The molecule has 0 spiro atoms. The monoisotopic (exact) mass is 269 g/mol. The van der Waals surface area contributed by atoms with Crippen LogP contribution in [-0.2, 0) is 0 Å². The Morgan fingerprint density at radius 1 is 1.33 bits per heavy atom. The summed E-state index contributed by atoms with van der Waals surface area (Å²) in [6, 6.07) is 0. The SMILES string of the molecule is CCC(CC)C1CN=C(NCCN2CCCC2)S1. The van der Waals surface area contributed by atoms with Crippen LogP contribution in [0.3, 0.4) is 0 Å². The largest absolute Gasteiger partial charge is 0.364 e. The van der Waals surface area contributed by atoms with E-state index in [4.69, 9.17) is 0 Å². The molecule has 0 saturated carbocycles. The van der Waals surface area contributed by atoms with Crippen LogP contribution in [0.4, 0.5) is 0 Å². The van der Waals surface area contributed by atoms with Crippen LogP contribution < -0.4 is 5.32 Å². The highest BCUT2D eigenvalue weighted by molar-refractivity contribution is 8.14. The zero-order valence-electron chi connectivity index (χ0n) is 11.8. The summed E-state index contributed by atoms with van der Waals surface area (Å²) in [6.45, 7) is 10.4. The van der Waals surface area contributed by atoms with Gasteiger partial charge in [0.25, 0.3) is 0 Å². The van der Waals surface area contributed by atoms with Gasteiger partial charge in [0, 0.05) is 18.3 Å². The van der Waals surface area contributed by atoms with E-state index in [1.54, 1.807) is 0 Å². The van der Waals surface area contributed by atoms with E-state index < -0.39 is 0 Å². The molecule has 0 radical (unpaired) electrons. The van der Waals surface area contributed by atoms with E-state index in [0.29, 0.717) is 5.25 Å². The van der Waals surface area contributed by atoms with Crippen molar-refractivity contribution in [2.24, 2.45) is 10.9 Å². The van der Waals surface area contributed by atoms with Crippen molar-refractivity contribution in [3.05, 3.63) is 0 Å². The van der Waals surface area contributed by atoms with Gasteiger partial charge in [0.2, 0.25) is 0 Å². The molecule has 2 heterocycles. The lowest BCUT2D eigenvalue weighted by atomic mass is 9.99. The molecule has 0 aromatic carbocycles. The standard InChI is InChI=1S/C14H27N3S/c1-3-12(4-2)13-11-16-14(18-13)15-7-10-17-8-5-6-9-17/h12-13H,3-11H2,1-2H3,(H,15,16). The minimum atomic E-state index is 0.717. The molecule has 1 unspecified atom stereocenters. The molecule has 2 aliphatic heterocycles. The molecule has 1 saturated heterocycles. The van der Waals surface area contributed by atoms with Crippen molar-refractivity contribution in [3.8, 4) is 0 Å². The van der Waals surface area contributed by atoms with Crippen LogP contribution in [0.25, 0.3) is 0 Å². The van der Waals surface area contributed by atoms with Gasteiger partial charge in [-0.05, 0) is 31.8 Å². The average Bonchev–Trinajstić information content (AvgIpc) is 3.03. The van der Waals surface area contributed by atoms with E-state index >= 15 is 0 Å². The van der Waals surface area contributed by atoms with Gasteiger partial charge in [0.1, 0.15) is 0 Å². The minimum Gasteiger partial charge on any atom is -0.364 e. The molecular weight excluding hydrogens is 242 g/mol. The van der Waals surface area contributed by atoms with Crippen molar-refractivity contribution in [1.29, 1.82) is 0 Å². The molecular formula is C14H27N3S. The fraction of sp³-hybridized carbons (Fsp3) is 0.929. The maximum atomic E-state index is 4.65. The van der Waals surface area contributed by atoms with Crippen LogP contribution in [0.1, 0.15) is 39.5 Å². The molecule has 0 aromatic rings. The first-order chi connectivity index (χ1) is 8.83. The first kappa shape index (κ1) is 14.2. The number of aliphatic imine (C=N–C) groups is 1. The molecule has 3 nitrogen and oxygen atoms in total. The smallest absolute Gasteiger partial charge is 0.156 e. The highest BCUT2D eigenvalue weighted by atomic mass is 32.2. The average molecular weight is 269 g/mol. The molecule has 2 aliphatic rings. The molecule has 2 rings (SSSR count). The fourth-order valence-electron chi connectivity index (χ4n) is 2.88. The topological polar surface area (TPSA) is 27.6 Å². The van der Waals surface area contributed by atoms with Crippen molar-refractivity contribution < 1.29 is 0 Å². The molecule has 4 heteroatoms. The maximum Gasteiger partial charge on any atom is 0.156 e. The predicted molar refractivity (Wildman–Crippen MR) is 81.4 cm³/mol.